The Morgan fingerprint density at radius 1 is 1.42 bits per heavy atom. The van der Waals surface area contributed by atoms with E-state index in [0.29, 0.717) is 0 Å². The smallest absolute Gasteiger partial charge is 0.117 e. The third-order valence-corrected chi connectivity index (χ3v) is 4.06. The Morgan fingerprint density at radius 2 is 2.26 bits per heavy atom. The molecule has 0 aromatic carbocycles. The second-order valence-corrected chi connectivity index (χ2v) is 5.22. The summed E-state index contributed by atoms with van der Waals surface area (Å²) in [6.45, 7) is 12.3. The molecule has 0 bridgehead atoms. The molecule has 1 aliphatic rings. The molecule has 1 fully saturated rings. The SMILES string of the molecule is CCN(CC)C1CCN(CCNCc2ccco2)C1. The predicted octanol–water partition coefficient (Wildman–Crippen LogP) is 1.79. The van der Waals surface area contributed by atoms with Crippen molar-refractivity contribution in [2.24, 2.45) is 0 Å². The van der Waals surface area contributed by atoms with E-state index in [9.17, 15) is 0 Å². The molecule has 1 aromatic rings. The monoisotopic (exact) mass is 265 g/mol. The maximum absolute atomic E-state index is 5.30. The molecule has 0 aliphatic carbocycles. The molecule has 0 saturated carbocycles. The Kier molecular flexibility index (Phi) is 5.89. The van der Waals surface area contributed by atoms with E-state index < -0.39 is 0 Å². The fraction of sp³-hybridized carbons (Fsp3) is 0.733. The summed E-state index contributed by atoms with van der Waals surface area (Å²) in [5.41, 5.74) is 0. The Morgan fingerprint density at radius 3 is 2.95 bits per heavy atom. The van der Waals surface area contributed by atoms with Gasteiger partial charge in [0.1, 0.15) is 5.76 Å². The average molecular weight is 265 g/mol. The molecular formula is C15H27N3O. The van der Waals surface area contributed by atoms with Crippen LogP contribution in [0.25, 0.3) is 0 Å². The average Bonchev–Trinajstić information content (AvgIpc) is 3.08. The van der Waals surface area contributed by atoms with Gasteiger partial charge in [0.25, 0.3) is 0 Å². The first-order valence-electron chi connectivity index (χ1n) is 7.53. The van der Waals surface area contributed by atoms with E-state index in [1.54, 1.807) is 6.26 Å². The van der Waals surface area contributed by atoms with E-state index in [4.69, 9.17) is 4.42 Å². The van der Waals surface area contributed by atoms with Crippen molar-refractivity contribution in [1.29, 1.82) is 0 Å². The van der Waals surface area contributed by atoms with Gasteiger partial charge in [-0.1, -0.05) is 13.8 Å². The molecule has 1 aliphatic heterocycles. The first kappa shape index (κ1) is 14.6. The van der Waals surface area contributed by atoms with Gasteiger partial charge >= 0.3 is 0 Å². The summed E-state index contributed by atoms with van der Waals surface area (Å²) in [4.78, 5) is 5.15. The molecule has 0 spiro atoms. The zero-order chi connectivity index (χ0) is 13.5. The van der Waals surface area contributed by atoms with Crippen LogP contribution in [0.5, 0.6) is 0 Å². The predicted molar refractivity (Wildman–Crippen MR) is 78.2 cm³/mol. The quantitative estimate of drug-likeness (QED) is 0.726. The van der Waals surface area contributed by atoms with E-state index in [1.165, 1.54) is 32.6 Å². The molecule has 1 unspecified atom stereocenters. The molecule has 2 heterocycles. The lowest BCUT2D eigenvalue weighted by Crippen LogP contribution is -2.38. The number of nitrogens with zero attached hydrogens (tertiary/aromatic N) is 2. The van der Waals surface area contributed by atoms with Crippen molar-refractivity contribution in [2.45, 2.75) is 32.9 Å². The molecule has 1 N–H and O–H groups in total. The molecule has 4 nitrogen and oxygen atoms in total. The zero-order valence-corrected chi connectivity index (χ0v) is 12.3. The van der Waals surface area contributed by atoms with E-state index in [2.05, 4.69) is 29.0 Å². The van der Waals surface area contributed by atoms with Crippen molar-refractivity contribution in [1.82, 2.24) is 15.1 Å². The molecule has 19 heavy (non-hydrogen) atoms. The number of hydrogen-bond acceptors (Lipinski definition) is 4. The van der Waals surface area contributed by atoms with E-state index in [-0.39, 0.29) is 0 Å². The second kappa shape index (κ2) is 7.68. The number of likely N-dealkylation sites (N-methyl/N-ethyl adjacent to an activating group) is 1. The number of furan rings is 1. The van der Waals surface area contributed by atoms with E-state index in [0.717, 1.165) is 31.4 Å². The van der Waals surface area contributed by atoms with Gasteiger partial charge in [0, 0.05) is 25.7 Å². The van der Waals surface area contributed by atoms with Crippen LogP contribution in [0.2, 0.25) is 0 Å². The van der Waals surface area contributed by atoms with Gasteiger partial charge in [0.15, 0.2) is 0 Å². The van der Waals surface area contributed by atoms with Gasteiger partial charge in [0.05, 0.1) is 12.8 Å². The van der Waals surface area contributed by atoms with Crippen LogP contribution in [0.1, 0.15) is 26.0 Å². The Labute approximate surface area is 116 Å². The lowest BCUT2D eigenvalue weighted by atomic mass is 10.2. The highest BCUT2D eigenvalue weighted by molar-refractivity contribution is 4.97. The van der Waals surface area contributed by atoms with Gasteiger partial charge < -0.3 is 14.6 Å². The highest BCUT2D eigenvalue weighted by atomic mass is 16.3. The van der Waals surface area contributed by atoms with E-state index in [1.807, 2.05) is 12.1 Å². The Hall–Kier alpha value is -0.840. The Balaban J connectivity index is 1.60. The summed E-state index contributed by atoms with van der Waals surface area (Å²) < 4.78 is 5.30. The van der Waals surface area contributed by atoms with Gasteiger partial charge in [-0.05, 0) is 38.2 Å². The molecule has 0 amide bonds. The molecule has 1 atom stereocenters. The molecule has 1 aromatic heterocycles. The lowest BCUT2D eigenvalue weighted by Gasteiger charge is -2.26. The van der Waals surface area contributed by atoms with Crippen molar-refractivity contribution >= 4 is 0 Å². The van der Waals surface area contributed by atoms with Crippen molar-refractivity contribution in [3.05, 3.63) is 24.2 Å². The maximum atomic E-state index is 5.30. The standard InChI is InChI=1S/C15H27N3O/c1-3-18(4-2)14-7-9-17(13-14)10-8-16-12-15-6-5-11-19-15/h5-6,11,14,16H,3-4,7-10,12-13H2,1-2H3. The molecule has 108 valence electrons. The van der Waals surface area contributed by atoms with Crippen LogP contribution < -0.4 is 5.32 Å². The van der Waals surface area contributed by atoms with Gasteiger partial charge in [-0.25, -0.2) is 0 Å². The Bertz CT molecular complexity index is 335. The zero-order valence-electron chi connectivity index (χ0n) is 12.3. The van der Waals surface area contributed by atoms with Crippen molar-refractivity contribution < 1.29 is 4.42 Å². The first-order chi connectivity index (χ1) is 9.33. The molecule has 1 saturated heterocycles. The summed E-state index contributed by atoms with van der Waals surface area (Å²) in [5.74, 6) is 1.02. The number of rotatable bonds is 8. The minimum absolute atomic E-state index is 0.764. The summed E-state index contributed by atoms with van der Waals surface area (Å²) in [7, 11) is 0. The highest BCUT2D eigenvalue weighted by Gasteiger charge is 2.25. The van der Waals surface area contributed by atoms with Crippen LogP contribution in [0.15, 0.2) is 22.8 Å². The van der Waals surface area contributed by atoms with Gasteiger partial charge in [0.2, 0.25) is 0 Å². The normalized spacial score (nSPS) is 20.5. The van der Waals surface area contributed by atoms with Crippen LogP contribution in [0.4, 0.5) is 0 Å². The first-order valence-corrected chi connectivity index (χ1v) is 7.53. The van der Waals surface area contributed by atoms with Gasteiger partial charge in [-0.3, -0.25) is 4.90 Å². The second-order valence-electron chi connectivity index (χ2n) is 5.22. The fourth-order valence-electron chi connectivity index (χ4n) is 2.92. The molecule has 4 heteroatoms. The summed E-state index contributed by atoms with van der Waals surface area (Å²) >= 11 is 0. The molecule has 0 radical (unpaired) electrons. The number of nitrogens with one attached hydrogen (secondary N) is 1. The highest BCUT2D eigenvalue weighted by Crippen LogP contribution is 2.14. The third-order valence-electron chi connectivity index (χ3n) is 4.06. The summed E-state index contributed by atoms with van der Waals surface area (Å²) in [6.07, 6.45) is 3.05. The third kappa shape index (κ3) is 4.34. The van der Waals surface area contributed by atoms with Crippen LogP contribution in [0.3, 0.4) is 0 Å². The van der Waals surface area contributed by atoms with Crippen LogP contribution in [-0.2, 0) is 6.54 Å². The minimum Gasteiger partial charge on any atom is -0.468 e. The molecular weight excluding hydrogens is 238 g/mol. The number of hydrogen-bond donors (Lipinski definition) is 1. The largest absolute Gasteiger partial charge is 0.468 e. The lowest BCUT2D eigenvalue weighted by molar-refractivity contribution is 0.211. The van der Waals surface area contributed by atoms with Crippen molar-refractivity contribution in [3.8, 4) is 0 Å². The van der Waals surface area contributed by atoms with Crippen LogP contribution >= 0.6 is 0 Å². The molecule has 2 rings (SSSR count). The van der Waals surface area contributed by atoms with Crippen molar-refractivity contribution in [3.63, 3.8) is 0 Å². The topological polar surface area (TPSA) is 31.6 Å². The fourth-order valence-corrected chi connectivity index (χ4v) is 2.92. The van der Waals surface area contributed by atoms with E-state index >= 15 is 0 Å². The maximum Gasteiger partial charge on any atom is 0.117 e. The summed E-state index contributed by atoms with van der Waals surface area (Å²) in [6, 6.07) is 4.71. The van der Waals surface area contributed by atoms with Crippen LogP contribution in [-0.4, -0.2) is 55.1 Å². The van der Waals surface area contributed by atoms with Crippen LogP contribution in [0, 0.1) is 0 Å². The van der Waals surface area contributed by atoms with Gasteiger partial charge in [-0.2, -0.15) is 0 Å². The summed E-state index contributed by atoms with van der Waals surface area (Å²) in [5, 5.41) is 3.44. The van der Waals surface area contributed by atoms with Gasteiger partial charge in [-0.15, -0.1) is 0 Å². The number of likely N-dealkylation sites (tertiary alicyclic amines) is 1. The minimum atomic E-state index is 0.764. The van der Waals surface area contributed by atoms with Crippen molar-refractivity contribution in [2.75, 3.05) is 39.3 Å².